The summed E-state index contributed by atoms with van der Waals surface area (Å²) in [5, 5.41) is 4.50. The molecule has 150 valence electrons. The van der Waals surface area contributed by atoms with Crippen molar-refractivity contribution in [2.45, 2.75) is 0 Å². The normalized spacial score (nSPS) is 11.8. The number of pyridine rings is 1. The lowest BCUT2D eigenvalue weighted by atomic mass is 9.99. The fourth-order valence-corrected chi connectivity index (χ4v) is 4.57. The molecule has 3 heteroatoms. The molecule has 0 saturated heterocycles. The van der Waals surface area contributed by atoms with E-state index in [4.69, 9.17) is 8.83 Å². The van der Waals surface area contributed by atoms with Crippen LogP contribution in [-0.4, -0.2) is 4.98 Å². The van der Waals surface area contributed by atoms with Crippen LogP contribution in [0.25, 0.3) is 66.1 Å². The molecule has 0 N–H and O–H groups in total. The number of hydrogen-bond donors (Lipinski definition) is 0. The first-order valence-electron chi connectivity index (χ1n) is 10.6. The van der Waals surface area contributed by atoms with Crippen molar-refractivity contribution in [3.05, 3.63) is 103 Å². The van der Waals surface area contributed by atoms with Crippen LogP contribution in [0, 0.1) is 0 Å². The highest BCUT2D eigenvalue weighted by Gasteiger charge is 2.11. The van der Waals surface area contributed by atoms with Crippen molar-refractivity contribution in [3.8, 4) is 22.3 Å². The third-order valence-corrected chi connectivity index (χ3v) is 6.16. The molecule has 0 amide bonds. The molecule has 32 heavy (non-hydrogen) atoms. The minimum absolute atomic E-state index is 0.899. The van der Waals surface area contributed by atoms with Crippen molar-refractivity contribution in [2.75, 3.05) is 0 Å². The number of aromatic nitrogens is 1. The summed E-state index contributed by atoms with van der Waals surface area (Å²) >= 11 is 0. The number of fused-ring (bicyclic) bond motifs is 6. The predicted molar refractivity (Wildman–Crippen MR) is 130 cm³/mol. The quantitative estimate of drug-likeness (QED) is 0.288. The molecule has 3 aromatic heterocycles. The second-order valence-corrected chi connectivity index (χ2v) is 8.08. The van der Waals surface area contributed by atoms with E-state index in [9.17, 15) is 0 Å². The Hall–Kier alpha value is -4.37. The van der Waals surface area contributed by atoms with Crippen molar-refractivity contribution in [1.29, 1.82) is 0 Å². The van der Waals surface area contributed by atoms with E-state index in [1.807, 2.05) is 60.9 Å². The first-order chi connectivity index (χ1) is 15.8. The molecule has 0 unspecified atom stereocenters. The van der Waals surface area contributed by atoms with Gasteiger partial charge in [0.1, 0.15) is 22.3 Å². The SMILES string of the molecule is c1ccc2c(c1)oc1ccc(-c3cncc(-c4ccc5oc6ccccc6c5c4)c3)cc12. The van der Waals surface area contributed by atoms with E-state index < -0.39 is 0 Å². The minimum Gasteiger partial charge on any atom is -0.456 e. The lowest BCUT2D eigenvalue weighted by Gasteiger charge is -2.06. The first-order valence-corrected chi connectivity index (χ1v) is 10.6. The van der Waals surface area contributed by atoms with Crippen molar-refractivity contribution < 1.29 is 8.83 Å². The van der Waals surface area contributed by atoms with E-state index in [1.54, 1.807) is 0 Å². The fraction of sp³-hybridized carbons (Fsp3) is 0. The van der Waals surface area contributed by atoms with E-state index in [1.165, 1.54) is 0 Å². The summed E-state index contributed by atoms with van der Waals surface area (Å²) in [6.45, 7) is 0. The maximum absolute atomic E-state index is 5.98. The summed E-state index contributed by atoms with van der Waals surface area (Å²) < 4.78 is 12.0. The van der Waals surface area contributed by atoms with Gasteiger partial charge in [0.05, 0.1) is 0 Å². The number of hydrogen-bond acceptors (Lipinski definition) is 3. The maximum Gasteiger partial charge on any atom is 0.135 e. The molecule has 0 spiro atoms. The zero-order chi connectivity index (χ0) is 21.1. The smallest absolute Gasteiger partial charge is 0.135 e. The second-order valence-electron chi connectivity index (χ2n) is 8.08. The molecule has 0 radical (unpaired) electrons. The van der Waals surface area contributed by atoms with Gasteiger partial charge in [-0.25, -0.2) is 0 Å². The van der Waals surface area contributed by atoms with Crippen molar-refractivity contribution in [2.24, 2.45) is 0 Å². The average molecular weight is 411 g/mol. The molecular weight excluding hydrogens is 394 g/mol. The lowest BCUT2D eigenvalue weighted by molar-refractivity contribution is 0.668. The fourth-order valence-electron chi connectivity index (χ4n) is 4.57. The standard InChI is InChI=1S/C29H17NO2/c1-3-7-26-22(5-1)24-14-18(9-11-28(24)31-26)20-13-21(17-30-16-20)19-10-12-29-25(15-19)23-6-2-4-8-27(23)32-29/h1-17H. The highest BCUT2D eigenvalue weighted by Crippen LogP contribution is 2.35. The van der Waals surface area contributed by atoms with Gasteiger partial charge in [0, 0.05) is 45.1 Å². The summed E-state index contributed by atoms with van der Waals surface area (Å²) in [5.41, 5.74) is 8.01. The van der Waals surface area contributed by atoms with Crippen LogP contribution in [0.3, 0.4) is 0 Å². The largest absolute Gasteiger partial charge is 0.456 e. The van der Waals surface area contributed by atoms with Crippen LogP contribution in [0.1, 0.15) is 0 Å². The van der Waals surface area contributed by atoms with Gasteiger partial charge >= 0.3 is 0 Å². The Labute approximate surface area is 183 Å². The van der Waals surface area contributed by atoms with Gasteiger partial charge in [-0.15, -0.1) is 0 Å². The summed E-state index contributed by atoms with van der Waals surface area (Å²) in [7, 11) is 0. The van der Waals surface area contributed by atoms with Gasteiger partial charge in [0.25, 0.3) is 0 Å². The molecule has 3 heterocycles. The molecule has 4 aromatic carbocycles. The van der Waals surface area contributed by atoms with Crippen LogP contribution in [0.15, 0.2) is 112 Å². The Morgan fingerprint density at radius 3 is 1.41 bits per heavy atom. The molecule has 0 aliphatic heterocycles. The minimum atomic E-state index is 0.899. The van der Waals surface area contributed by atoms with Crippen molar-refractivity contribution >= 4 is 43.9 Å². The summed E-state index contributed by atoms with van der Waals surface area (Å²) in [6.07, 6.45) is 3.83. The van der Waals surface area contributed by atoms with Crippen LogP contribution in [0.5, 0.6) is 0 Å². The van der Waals surface area contributed by atoms with Gasteiger partial charge in [-0.05, 0) is 53.6 Å². The van der Waals surface area contributed by atoms with E-state index in [-0.39, 0.29) is 0 Å². The molecular formula is C29H17NO2. The van der Waals surface area contributed by atoms with E-state index in [0.29, 0.717) is 0 Å². The van der Waals surface area contributed by atoms with Crippen molar-refractivity contribution in [1.82, 2.24) is 4.98 Å². The molecule has 0 bridgehead atoms. The Kier molecular flexibility index (Phi) is 3.55. The lowest BCUT2D eigenvalue weighted by Crippen LogP contribution is -1.84. The van der Waals surface area contributed by atoms with Crippen LogP contribution in [-0.2, 0) is 0 Å². The zero-order valence-electron chi connectivity index (χ0n) is 17.1. The molecule has 0 aliphatic rings. The zero-order valence-corrected chi connectivity index (χ0v) is 17.1. The molecule has 0 saturated carbocycles. The van der Waals surface area contributed by atoms with E-state index in [0.717, 1.165) is 66.1 Å². The molecule has 0 atom stereocenters. The van der Waals surface area contributed by atoms with Crippen LogP contribution in [0.4, 0.5) is 0 Å². The molecule has 7 aromatic rings. The van der Waals surface area contributed by atoms with Gasteiger partial charge in [-0.3, -0.25) is 4.98 Å². The highest BCUT2D eigenvalue weighted by molar-refractivity contribution is 6.07. The monoisotopic (exact) mass is 411 g/mol. The maximum atomic E-state index is 5.98. The number of benzene rings is 4. The van der Waals surface area contributed by atoms with Gasteiger partial charge in [0.15, 0.2) is 0 Å². The van der Waals surface area contributed by atoms with Gasteiger partial charge in [-0.2, -0.15) is 0 Å². The number of rotatable bonds is 2. The number of nitrogens with zero attached hydrogens (tertiary/aromatic N) is 1. The third kappa shape index (κ3) is 2.58. The summed E-state index contributed by atoms with van der Waals surface area (Å²) in [4.78, 5) is 4.55. The molecule has 3 nitrogen and oxygen atoms in total. The van der Waals surface area contributed by atoms with Crippen LogP contribution >= 0.6 is 0 Å². The second kappa shape index (κ2) is 6.56. The number of para-hydroxylation sites is 2. The van der Waals surface area contributed by atoms with E-state index in [2.05, 4.69) is 47.4 Å². The summed E-state index contributed by atoms with van der Waals surface area (Å²) in [5.74, 6) is 0. The Morgan fingerprint density at radius 1 is 0.406 bits per heavy atom. The Morgan fingerprint density at radius 2 is 0.875 bits per heavy atom. The van der Waals surface area contributed by atoms with Crippen LogP contribution < -0.4 is 0 Å². The predicted octanol–water partition coefficient (Wildman–Crippen LogP) is 8.21. The van der Waals surface area contributed by atoms with Gasteiger partial charge in [0.2, 0.25) is 0 Å². The van der Waals surface area contributed by atoms with Gasteiger partial charge in [-0.1, -0.05) is 48.5 Å². The summed E-state index contributed by atoms with van der Waals surface area (Å²) in [6, 6.07) is 31.2. The molecule has 7 rings (SSSR count). The Bertz CT molecular complexity index is 1660. The highest BCUT2D eigenvalue weighted by atomic mass is 16.3. The van der Waals surface area contributed by atoms with Crippen LogP contribution in [0.2, 0.25) is 0 Å². The number of furan rings is 2. The first kappa shape index (κ1) is 17.3. The third-order valence-electron chi connectivity index (χ3n) is 6.16. The van der Waals surface area contributed by atoms with Crippen molar-refractivity contribution in [3.63, 3.8) is 0 Å². The van der Waals surface area contributed by atoms with Gasteiger partial charge < -0.3 is 8.83 Å². The van der Waals surface area contributed by atoms with E-state index >= 15 is 0 Å². The molecule has 0 fully saturated rings. The topological polar surface area (TPSA) is 39.2 Å². The Balaban J connectivity index is 1.37. The molecule has 0 aliphatic carbocycles. The average Bonchev–Trinajstić information content (AvgIpc) is 3.41.